The third-order valence-electron chi connectivity index (χ3n) is 4.97. The lowest BCUT2D eigenvalue weighted by molar-refractivity contribution is 0.105. The summed E-state index contributed by atoms with van der Waals surface area (Å²) >= 11 is 5.01. The van der Waals surface area contributed by atoms with Gasteiger partial charge in [-0.05, 0) is 82.1 Å². The molecule has 0 N–H and O–H groups in total. The van der Waals surface area contributed by atoms with Gasteiger partial charge in [0.05, 0.1) is 6.26 Å². The second-order valence-corrected chi connectivity index (χ2v) is 6.89. The van der Waals surface area contributed by atoms with Gasteiger partial charge in [-0.25, -0.2) is 0 Å². The normalized spacial score (nSPS) is 13.1. The van der Waals surface area contributed by atoms with E-state index in [4.69, 9.17) is 11.6 Å². The molecule has 0 amide bonds. The van der Waals surface area contributed by atoms with Gasteiger partial charge in [0.15, 0.2) is 5.76 Å². The van der Waals surface area contributed by atoms with Crippen molar-refractivity contribution in [3.05, 3.63) is 83.8 Å². The molecule has 26 heavy (non-hydrogen) atoms. The summed E-state index contributed by atoms with van der Waals surface area (Å²) in [6, 6.07) is 21.1. The first-order valence-electron chi connectivity index (χ1n) is 8.89. The minimum Gasteiger partial charge on any atom is -0.460 e. The van der Waals surface area contributed by atoms with E-state index in [1.165, 1.54) is 59.6 Å². The average Bonchev–Trinajstić information content (AvgIpc) is 3.23. The molecule has 4 aromatic rings. The highest BCUT2D eigenvalue weighted by Gasteiger charge is 2.13. The zero-order valence-electron chi connectivity index (χ0n) is 14.4. The Bertz CT molecular complexity index is 1060. The Morgan fingerprint density at radius 2 is 1.62 bits per heavy atom. The lowest BCUT2D eigenvalue weighted by atomic mass is 9.86. The van der Waals surface area contributed by atoms with Crippen LogP contribution in [-0.2, 0) is 12.8 Å². The fourth-order valence-electron chi connectivity index (χ4n) is 3.73. The molecule has 3 aromatic carbocycles. The van der Waals surface area contributed by atoms with Gasteiger partial charge in [-0.2, -0.15) is 0 Å². The van der Waals surface area contributed by atoms with Crippen LogP contribution in [0.2, 0.25) is 0 Å². The topological polar surface area (TPSA) is 30.2 Å². The first-order chi connectivity index (χ1) is 12.7. The summed E-state index contributed by atoms with van der Waals surface area (Å²) < 4.78 is 4.61. The van der Waals surface area contributed by atoms with Gasteiger partial charge in [0, 0.05) is 0 Å². The van der Waals surface area contributed by atoms with Crippen LogP contribution in [0.4, 0.5) is 0 Å². The van der Waals surface area contributed by atoms with Crippen LogP contribution in [0.1, 0.15) is 34.5 Å². The molecule has 3 heteroatoms. The van der Waals surface area contributed by atoms with Gasteiger partial charge in [-0.3, -0.25) is 4.79 Å². The van der Waals surface area contributed by atoms with Crippen molar-refractivity contribution >= 4 is 38.4 Å². The van der Waals surface area contributed by atoms with Crippen LogP contribution in [0, 0.1) is 0 Å². The minimum absolute atomic E-state index is 0.187. The smallest absolute Gasteiger partial charge is 0.287 e. The molecule has 0 radical (unpaired) electrons. The predicted octanol–water partition coefficient (Wildman–Crippen LogP) is 6.53. The van der Waals surface area contributed by atoms with E-state index in [1.807, 2.05) is 0 Å². The minimum atomic E-state index is -0.560. The van der Waals surface area contributed by atoms with E-state index in [2.05, 4.69) is 52.9 Å². The van der Waals surface area contributed by atoms with E-state index in [9.17, 15) is 4.79 Å². The number of aryl methyl sites for hydroxylation is 2. The van der Waals surface area contributed by atoms with Crippen molar-refractivity contribution < 1.29 is 9.21 Å². The summed E-state index contributed by atoms with van der Waals surface area (Å²) in [4.78, 5) is 10.2. The van der Waals surface area contributed by atoms with Crippen molar-refractivity contribution in [3.8, 4) is 0 Å². The van der Waals surface area contributed by atoms with Crippen LogP contribution >= 0.6 is 11.6 Å². The first-order valence-corrected chi connectivity index (χ1v) is 9.27. The van der Waals surface area contributed by atoms with Crippen molar-refractivity contribution in [2.24, 2.45) is 0 Å². The second kappa shape index (κ2) is 7.35. The molecule has 1 aliphatic carbocycles. The number of carbonyl (C=O) groups is 1. The molecule has 0 unspecified atom stereocenters. The van der Waals surface area contributed by atoms with Crippen molar-refractivity contribution in [2.45, 2.75) is 25.7 Å². The van der Waals surface area contributed by atoms with Gasteiger partial charge in [-0.1, -0.05) is 48.5 Å². The van der Waals surface area contributed by atoms with Crippen LogP contribution in [0.15, 0.2) is 71.3 Å². The summed E-state index contributed by atoms with van der Waals surface area (Å²) in [7, 11) is 0. The Hall–Kier alpha value is -2.58. The Morgan fingerprint density at radius 1 is 0.808 bits per heavy atom. The summed E-state index contributed by atoms with van der Waals surface area (Å²) in [6.07, 6.45) is 6.61. The Labute approximate surface area is 157 Å². The third-order valence-corrected chi connectivity index (χ3v) is 5.16. The van der Waals surface area contributed by atoms with Crippen LogP contribution < -0.4 is 0 Å². The molecule has 1 aliphatic rings. The molecule has 0 bridgehead atoms. The number of carbonyl (C=O) groups excluding carboxylic acids is 1. The lowest BCUT2D eigenvalue weighted by Crippen LogP contribution is -2.02. The van der Waals surface area contributed by atoms with Gasteiger partial charge in [-0.15, -0.1) is 0 Å². The van der Waals surface area contributed by atoms with Gasteiger partial charge < -0.3 is 4.42 Å². The SMILES string of the molecule is O=C(Cl)c1ccco1.c1ccc2c(c1)ccc1c3c(ccc12)CCCC3. The lowest BCUT2D eigenvalue weighted by Gasteiger charge is -2.18. The maximum atomic E-state index is 10.2. The first kappa shape index (κ1) is 16.9. The molecule has 0 spiro atoms. The molecule has 0 saturated heterocycles. The highest BCUT2D eigenvalue weighted by atomic mass is 35.5. The van der Waals surface area contributed by atoms with Crippen LogP contribution in [-0.4, -0.2) is 5.24 Å². The molecule has 0 atom stereocenters. The zero-order valence-corrected chi connectivity index (χ0v) is 15.1. The molecule has 1 aromatic heterocycles. The second-order valence-electron chi connectivity index (χ2n) is 6.54. The summed E-state index contributed by atoms with van der Waals surface area (Å²) in [5.41, 5.74) is 3.17. The molecular formula is C23H19ClO2. The van der Waals surface area contributed by atoms with Gasteiger partial charge in [0.25, 0.3) is 5.24 Å². The molecule has 1 heterocycles. The van der Waals surface area contributed by atoms with Crippen molar-refractivity contribution in [3.63, 3.8) is 0 Å². The molecule has 130 valence electrons. The monoisotopic (exact) mass is 362 g/mol. The highest BCUT2D eigenvalue weighted by Crippen LogP contribution is 2.33. The maximum Gasteiger partial charge on any atom is 0.287 e. The molecule has 5 rings (SSSR count). The summed E-state index contributed by atoms with van der Waals surface area (Å²) in [5.74, 6) is 0.187. The largest absolute Gasteiger partial charge is 0.460 e. The molecule has 0 aliphatic heterocycles. The number of hydrogen-bond acceptors (Lipinski definition) is 2. The van der Waals surface area contributed by atoms with Gasteiger partial charge in [0.2, 0.25) is 0 Å². The summed E-state index contributed by atoms with van der Waals surface area (Å²) in [6.45, 7) is 0. The van der Waals surface area contributed by atoms with Crippen LogP contribution in [0.5, 0.6) is 0 Å². The Balaban J connectivity index is 0.000000178. The predicted molar refractivity (Wildman–Crippen MR) is 107 cm³/mol. The molecule has 2 nitrogen and oxygen atoms in total. The fraction of sp³-hybridized carbons (Fsp3) is 0.174. The fourth-order valence-corrected chi connectivity index (χ4v) is 3.84. The van der Waals surface area contributed by atoms with Gasteiger partial charge >= 0.3 is 0 Å². The summed E-state index contributed by atoms with van der Waals surface area (Å²) in [5, 5.41) is 5.08. The van der Waals surface area contributed by atoms with Gasteiger partial charge in [0.1, 0.15) is 0 Å². The van der Waals surface area contributed by atoms with Crippen LogP contribution in [0.3, 0.4) is 0 Å². The number of furan rings is 1. The third kappa shape index (κ3) is 3.25. The van der Waals surface area contributed by atoms with E-state index < -0.39 is 5.24 Å². The number of benzene rings is 3. The van der Waals surface area contributed by atoms with E-state index in [-0.39, 0.29) is 5.76 Å². The molecular weight excluding hydrogens is 344 g/mol. The van der Waals surface area contributed by atoms with Crippen molar-refractivity contribution in [2.75, 3.05) is 0 Å². The Morgan fingerprint density at radius 3 is 2.38 bits per heavy atom. The molecule has 0 fully saturated rings. The van der Waals surface area contributed by atoms with E-state index >= 15 is 0 Å². The number of fused-ring (bicyclic) bond motifs is 5. The maximum absolute atomic E-state index is 10.2. The molecule has 0 saturated carbocycles. The van der Waals surface area contributed by atoms with E-state index in [0.717, 1.165) is 0 Å². The zero-order chi connectivity index (χ0) is 17.9. The van der Waals surface area contributed by atoms with E-state index in [1.54, 1.807) is 17.2 Å². The highest BCUT2D eigenvalue weighted by molar-refractivity contribution is 6.67. The van der Waals surface area contributed by atoms with Crippen molar-refractivity contribution in [1.29, 1.82) is 0 Å². The average molecular weight is 363 g/mol. The van der Waals surface area contributed by atoms with E-state index in [0.29, 0.717) is 0 Å². The standard InChI is InChI=1S/C18H16.C5H3ClO2/c1-3-7-15-13(5-1)9-11-18-16-8-4-2-6-14(16)10-12-17(15)18;6-5(7)4-2-1-3-8-4/h1,3,5,7,9-12H,2,4,6,8H2;1-3H. The van der Waals surface area contributed by atoms with Crippen LogP contribution in [0.25, 0.3) is 21.5 Å². The number of rotatable bonds is 1. The van der Waals surface area contributed by atoms with Crippen molar-refractivity contribution in [1.82, 2.24) is 0 Å². The number of halogens is 1. The Kier molecular flexibility index (Phi) is 4.77. The quantitative estimate of drug-likeness (QED) is 0.284. The number of hydrogen-bond donors (Lipinski definition) is 0.